The summed E-state index contributed by atoms with van der Waals surface area (Å²) in [5, 5.41) is 20.9. The summed E-state index contributed by atoms with van der Waals surface area (Å²) in [6.07, 6.45) is 0. The number of nitrogens with two attached hydrogens (primary N) is 2. The number of nitrogens with zero attached hydrogens (tertiary/aromatic N) is 2. The molecule has 22 heavy (non-hydrogen) atoms. The Kier molecular flexibility index (Phi) is 5.16. The predicted molar refractivity (Wildman–Crippen MR) is 70.8 cm³/mol. The van der Waals surface area contributed by atoms with Crippen LogP contribution in [0.25, 0.3) is 0 Å². The maximum absolute atomic E-state index is 11.6. The fourth-order valence-electron chi connectivity index (χ4n) is 1.27. The highest BCUT2D eigenvalue weighted by atomic mass is 16.4. The number of amides is 2. The molecule has 0 radical (unpaired) electrons. The van der Waals surface area contributed by atoms with Crippen LogP contribution >= 0.6 is 0 Å². The molecule has 8 N–H and O–H groups in total. The molecule has 0 saturated carbocycles. The molecule has 12 heteroatoms. The Hall–Kier alpha value is -3.44. The van der Waals surface area contributed by atoms with Crippen LogP contribution in [0.15, 0.2) is 0 Å². The van der Waals surface area contributed by atoms with E-state index in [1.807, 2.05) is 10.6 Å². The molecule has 0 bridgehead atoms. The van der Waals surface area contributed by atoms with Gasteiger partial charge in [0, 0.05) is 0 Å². The van der Waals surface area contributed by atoms with Gasteiger partial charge in [0.2, 0.25) is 0 Å². The molecule has 1 aromatic rings. The summed E-state index contributed by atoms with van der Waals surface area (Å²) < 4.78 is 0. The summed E-state index contributed by atoms with van der Waals surface area (Å²) in [6.45, 7) is -1.33. The van der Waals surface area contributed by atoms with Crippen molar-refractivity contribution in [2.75, 3.05) is 24.6 Å². The Morgan fingerprint density at radius 2 is 1.14 bits per heavy atom. The van der Waals surface area contributed by atoms with E-state index in [-0.39, 0.29) is 0 Å². The number of rotatable bonds is 6. The van der Waals surface area contributed by atoms with Gasteiger partial charge in [-0.3, -0.25) is 19.2 Å². The maximum atomic E-state index is 11.6. The number of nitrogens with one attached hydrogen (secondary N) is 2. The zero-order valence-corrected chi connectivity index (χ0v) is 11.0. The van der Waals surface area contributed by atoms with Crippen molar-refractivity contribution in [1.29, 1.82) is 0 Å². The number of anilines is 2. The minimum absolute atomic E-state index is 0.450. The first-order valence-corrected chi connectivity index (χ1v) is 5.65. The molecule has 0 atom stereocenters. The summed E-state index contributed by atoms with van der Waals surface area (Å²) >= 11 is 0. The van der Waals surface area contributed by atoms with Crippen molar-refractivity contribution in [3.63, 3.8) is 0 Å². The molecule has 0 aliphatic rings. The normalized spacial score (nSPS) is 9.82. The highest BCUT2D eigenvalue weighted by Crippen LogP contribution is 2.12. The highest BCUT2D eigenvalue weighted by Gasteiger charge is 2.20. The van der Waals surface area contributed by atoms with Gasteiger partial charge in [-0.2, -0.15) is 0 Å². The van der Waals surface area contributed by atoms with E-state index in [2.05, 4.69) is 9.97 Å². The van der Waals surface area contributed by atoms with E-state index in [1.165, 1.54) is 0 Å². The molecule has 1 heterocycles. The van der Waals surface area contributed by atoms with Crippen LogP contribution in [0.3, 0.4) is 0 Å². The van der Waals surface area contributed by atoms with Gasteiger partial charge >= 0.3 is 11.9 Å². The van der Waals surface area contributed by atoms with E-state index in [9.17, 15) is 19.2 Å². The van der Waals surface area contributed by atoms with Gasteiger partial charge in [0.1, 0.15) is 13.1 Å². The van der Waals surface area contributed by atoms with Gasteiger partial charge in [-0.15, -0.1) is 0 Å². The van der Waals surface area contributed by atoms with Crippen LogP contribution < -0.4 is 22.1 Å². The first-order chi connectivity index (χ1) is 10.2. The monoisotopic (exact) mass is 312 g/mol. The number of carbonyl (C=O) groups is 4. The van der Waals surface area contributed by atoms with E-state index in [1.54, 1.807) is 0 Å². The molecular weight excluding hydrogens is 300 g/mol. The van der Waals surface area contributed by atoms with Gasteiger partial charge in [-0.25, -0.2) is 9.97 Å². The fraction of sp³-hybridized carbons (Fsp3) is 0.200. The number of aliphatic carboxylic acids is 2. The van der Waals surface area contributed by atoms with Gasteiger partial charge in [0.05, 0.1) is 0 Å². The Morgan fingerprint density at radius 3 is 1.41 bits per heavy atom. The molecule has 0 aromatic carbocycles. The summed E-state index contributed by atoms with van der Waals surface area (Å²) in [6, 6.07) is 0. The molecule has 12 nitrogen and oxygen atoms in total. The lowest BCUT2D eigenvalue weighted by atomic mass is 10.3. The number of hydrogen-bond acceptors (Lipinski definition) is 8. The Bertz CT molecular complexity index is 589. The van der Waals surface area contributed by atoms with Crippen molar-refractivity contribution in [1.82, 2.24) is 20.6 Å². The molecule has 0 aliphatic heterocycles. The second-order valence-electron chi connectivity index (χ2n) is 3.84. The van der Waals surface area contributed by atoms with Crippen LogP contribution in [-0.2, 0) is 9.59 Å². The van der Waals surface area contributed by atoms with Crippen LogP contribution in [0, 0.1) is 0 Å². The molecule has 1 rings (SSSR count). The van der Waals surface area contributed by atoms with Crippen molar-refractivity contribution in [3.05, 3.63) is 11.4 Å². The van der Waals surface area contributed by atoms with E-state index >= 15 is 0 Å². The van der Waals surface area contributed by atoms with E-state index in [4.69, 9.17) is 21.7 Å². The highest BCUT2D eigenvalue weighted by molar-refractivity contribution is 6.01. The third-order valence-corrected chi connectivity index (χ3v) is 2.18. The molecule has 0 spiro atoms. The quantitative estimate of drug-likeness (QED) is 0.319. The van der Waals surface area contributed by atoms with Crippen LogP contribution in [0.2, 0.25) is 0 Å². The van der Waals surface area contributed by atoms with Crippen molar-refractivity contribution < 1.29 is 29.4 Å². The number of nitrogen functional groups attached to an aromatic ring is 2. The molecule has 2 amide bonds. The zero-order valence-electron chi connectivity index (χ0n) is 11.0. The average molecular weight is 312 g/mol. The Labute approximate surface area is 122 Å². The van der Waals surface area contributed by atoms with Gasteiger partial charge in [-0.1, -0.05) is 0 Å². The second kappa shape index (κ2) is 6.83. The standard InChI is InChI=1S/C10H12N6O6/c11-7-5(9(21)13-1-3(17)18)15-8(12)6(16-7)10(22)14-2-4(19)20/h1-2H2,(H2,12,15)(H2,11,16)(H,13,21)(H,14,22)(H,17,18)(H,19,20). The molecule has 0 fully saturated rings. The van der Waals surface area contributed by atoms with Crippen molar-refractivity contribution in [3.8, 4) is 0 Å². The summed E-state index contributed by atoms with van der Waals surface area (Å²) in [5.74, 6) is -5.35. The molecule has 0 unspecified atom stereocenters. The molecule has 1 aromatic heterocycles. The average Bonchev–Trinajstić information content (AvgIpc) is 2.44. The molecular formula is C10H12N6O6. The number of hydrogen-bond donors (Lipinski definition) is 6. The van der Waals surface area contributed by atoms with Gasteiger partial charge < -0.3 is 32.3 Å². The maximum Gasteiger partial charge on any atom is 0.322 e. The minimum atomic E-state index is -1.28. The lowest BCUT2D eigenvalue weighted by molar-refractivity contribution is -0.136. The van der Waals surface area contributed by atoms with E-state index < -0.39 is 59.9 Å². The Morgan fingerprint density at radius 1 is 0.818 bits per heavy atom. The second-order valence-corrected chi connectivity index (χ2v) is 3.84. The zero-order chi connectivity index (χ0) is 16.9. The minimum Gasteiger partial charge on any atom is -0.480 e. The first-order valence-electron chi connectivity index (χ1n) is 5.65. The topological polar surface area (TPSA) is 211 Å². The molecule has 0 aliphatic carbocycles. The van der Waals surface area contributed by atoms with Crippen LogP contribution in [0.1, 0.15) is 21.0 Å². The SMILES string of the molecule is Nc1nc(C(=O)NCC(=O)O)c(N)nc1C(=O)NCC(=O)O. The number of carboxylic acids is 2. The van der Waals surface area contributed by atoms with Crippen molar-refractivity contribution in [2.45, 2.75) is 0 Å². The van der Waals surface area contributed by atoms with E-state index in [0.29, 0.717) is 0 Å². The lowest BCUT2D eigenvalue weighted by Gasteiger charge is -2.09. The summed E-state index contributed by atoms with van der Waals surface area (Å²) in [5.41, 5.74) is 10.0. The number of aromatic nitrogens is 2. The molecule has 118 valence electrons. The summed E-state index contributed by atoms with van der Waals surface area (Å²) in [7, 11) is 0. The summed E-state index contributed by atoms with van der Waals surface area (Å²) in [4.78, 5) is 51.1. The molecule has 0 saturated heterocycles. The predicted octanol–water partition coefficient (Wildman–Crippen LogP) is -2.73. The number of carboxylic acid groups (broad SMARTS) is 2. The van der Waals surface area contributed by atoms with Gasteiger partial charge in [-0.05, 0) is 0 Å². The third-order valence-electron chi connectivity index (χ3n) is 2.18. The van der Waals surface area contributed by atoms with Crippen LogP contribution in [0.5, 0.6) is 0 Å². The lowest BCUT2D eigenvalue weighted by Crippen LogP contribution is -2.33. The van der Waals surface area contributed by atoms with Gasteiger partial charge in [0.25, 0.3) is 11.8 Å². The smallest absolute Gasteiger partial charge is 0.322 e. The largest absolute Gasteiger partial charge is 0.480 e. The van der Waals surface area contributed by atoms with Crippen LogP contribution in [-0.4, -0.2) is 57.0 Å². The van der Waals surface area contributed by atoms with Gasteiger partial charge in [0.15, 0.2) is 23.0 Å². The Balaban J connectivity index is 2.96. The van der Waals surface area contributed by atoms with Crippen molar-refractivity contribution in [2.24, 2.45) is 0 Å². The third kappa shape index (κ3) is 4.29. The van der Waals surface area contributed by atoms with Crippen LogP contribution in [0.4, 0.5) is 11.6 Å². The number of carbonyl (C=O) groups excluding carboxylic acids is 2. The first kappa shape index (κ1) is 16.6. The fourth-order valence-corrected chi connectivity index (χ4v) is 1.27. The van der Waals surface area contributed by atoms with Crippen molar-refractivity contribution >= 4 is 35.4 Å². The van der Waals surface area contributed by atoms with E-state index in [0.717, 1.165) is 0 Å².